The maximum absolute atomic E-state index is 6.18. The number of benzene rings is 1. The first-order valence-electron chi connectivity index (χ1n) is 4.59. The highest BCUT2D eigenvalue weighted by Gasteiger charge is 2.42. The van der Waals surface area contributed by atoms with Gasteiger partial charge in [-0.15, -0.1) is 0 Å². The second-order valence-electron chi connectivity index (χ2n) is 4.09. The number of aryl methyl sites for hydroxylation is 2. The van der Waals surface area contributed by atoms with Crippen LogP contribution in [0.4, 0.5) is 0 Å². The lowest BCUT2D eigenvalue weighted by atomic mass is 9.98. The van der Waals surface area contributed by atoms with Crippen LogP contribution in [-0.4, -0.2) is 0 Å². The van der Waals surface area contributed by atoms with Crippen LogP contribution in [0.15, 0.2) is 12.1 Å². The van der Waals surface area contributed by atoms with Crippen molar-refractivity contribution in [3.8, 4) is 0 Å². The maximum Gasteiger partial charge on any atom is 0.0461 e. The Kier molecular flexibility index (Phi) is 1.90. The van der Waals surface area contributed by atoms with Gasteiger partial charge in [0.15, 0.2) is 0 Å². The lowest BCUT2D eigenvalue weighted by Crippen LogP contribution is -2.20. The Morgan fingerprint density at radius 2 is 1.92 bits per heavy atom. The van der Waals surface area contributed by atoms with Crippen LogP contribution in [0.3, 0.4) is 0 Å². The fraction of sp³-hybridized carbons (Fsp3) is 0.455. The summed E-state index contributed by atoms with van der Waals surface area (Å²) in [5.74, 6) is 0. The van der Waals surface area contributed by atoms with E-state index in [0.717, 1.165) is 23.4 Å². The predicted octanol–water partition coefficient (Wildman–Crippen LogP) is 2.90. The van der Waals surface area contributed by atoms with Gasteiger partial charge in [0.25, 0.3) is 0 Å². The van der Waals surface area contributed by atoms with Crippen molar-refractivity contribution in [1.29, 1.82) is 0 Å². The maximum atomic E-state index is 6.18. The molecule has 70 valence electrons. The highest BCUT2D eigenvalue weighted by atomic mass is 35.5. The SMILES string of the molecule is Cc1cc(C)c(C2(N)CC2)c(Cl)c1. The van der Waals surface area contributed by atoms with Gasteiger partial charge >= 0.3 is 0 Å². The number of hydrogen-bond acceptors (Lipinski definition) is 1. The molecule has 0 unspecified atom stereocenters. The van der Waals surface area contributed by atoms with Crippen molar-refractivity contribution in [2.75, 3.05) is 0 Å². The first-order chi connectivity index (χ1) is 6.03. The lowest BCUT2D eigenvalue weighted by molar-refractivity contribution is 0.733. The number of hydrogen-bond donors (Lipinski definition) is 1. The standard InChI is InChI=1S/C11H14ClN/c1-7-5-8(2)10(9(12)6-7)11(13)3-4-11/h5-6H,3-4,13H2,1-2H3. The molecule has 1 aromatic carbocycles. The molecule has 13 heavy (non-hydrogen) atoms. The number of halogens is 1. The minimum Gasteiger partial charge on any atom is -0.321 e. The normalized spacial score (nSPS) is 18.8. The molecule has 0 saturated heterocycles. The Balaban J connectivity index is 2.57. The zero-order chi connectivity index (χ0) is 9.64. The van der Waals surface area contributed by atoms with E-state index >= 15 is 0 Å². The molecule has 0 aliphatic heterocycles. The Morgan fingerprint density at radius 1 is 1.31 bits per heavy atom. The monoisotopic (exact) mass is 195 g/mol. The summed E-state index contributed by atoms with van der Waals surface area (Å²) in [4.78, 5) is 0. The number of rotatable bonds is 1. The summed E-state index contributed by atoms with van der Waals surface area (Å²) in [6.07, 6.45) is 2.13. The van der Waals surface area contributed by atoms with Crippen molar-refractivity contribution in [1.82, 2.24) is 0 Å². The smallest absolute Gasteiger partial charge is 0.0461 e. The van der Waals surface area contributed by atoms with Gasteiger partial charge in [-0.25, -0.2) is 0 Å². The third kappa shape index (κ3) is 1.47. The van der Waals surface area contributed by atoms with Gasteiger partial charge in [-0.3, -0.25) is 0 Å². The molecule has 0 heterocycles. The van der Waals surface area contributed by atoms with E-state index in [0.29, 0.717) is 0 Å². The molecule has 1 aromatic rings. The van der Waals surface area contributed by atoms with Crippen molar-refractivity contribution in [3.05, 3.63) is 33.8 Å². The highest BCUT2D eigenvalue weighted by molar-refractivity contribution is 6.31. The minimum absolute atomic E-state index is 0.116. The summed E-state index contributed by atoms with van der Waals surface area (Å²) in [6.45, 7) is 4.14. The third-order valence-electron chi connectivity index (χ3n) is 2.72. The molecule has 1 fully saturated rings. The van der Waals surface area contributed by atoms with Crippen LogP contribution in [0.1, 0.15) is 29.5 Å². The quantitative estimate of drug-likeness (QED) is 0.733. The second kappa shape index (κ2) is 2.73. The van der Waals surface area contributed by atoms with Crippen molar-refractivity contribution in [2.24, 2.45) is 5.73 Å². The van der Waals surface area contributed by atoms with E-state index in [-0.39, 0.29) is 5.54 Å². The molecular formula is C11H14ClN. The topological polar surface area (TPSA) is 26.0 Å². The van der Waals surface area contributed by atoms with Crippen molar-refractivity contribution >= 4 is 11.6 Å². The van der Waals surface area contributed by atoms with Crippen LogP contribution in [0.25, 0.3) is 0 Å². The first-order valence-corrected chi connectivity index (χ1v) is 4.97. The van der Waals surface area contributed by atoms with E-state index in [1.807, 2.05) is 6.07 Å². The van der Waals surface area contributed by atoms with E-state index in [2.05, 4.69) is 19.9 Å². The second-order valence-corrected chi connectivity index (χ2v) is 4.50. The first kappa shape index (κ1) is 9.04. The molecule has 1 nitrogen and oxygen atoms in total. The molecule has 0 spiro atoms. The molecule has 0 radical (unpaired) electrons. The van der Waals surface area contributed by atoms with Crippen LogP contribution in [-0.2, 0) is 5.54 Å². The van der Waals surface area contributed by atoms with Gasteiger partial charge in [-0.05, 0) is 49.4 Å². The van der Waals surface area contributed by atoms with Crippen molar-refractivity contribution < 1.29 is 0 Å². The summed E-state index contributed by atoms with van der Waals surface area (Å²) in [5.41, 5.74) is 9.60. The van der Waals surface area contributed by atoms with Gasteiger partial charge < -0.3 is 5.73 Å². The molecule has 0 aromatic heterocycles. The summed E-state index contributed by atoms with van der Waals surface area (Å²) >= 11 is 6.18. The van der Waals surface area contributed by atoms with Crippen molar-refractivity contribution in [2.45, 2.75) is 32.2 Å². The van der Waals surface area contributed by atoms with Gasteiger partial charge in [0, 0.05) is 10.6 Å². The van der Waals surface area contributed by atoms with Gasteiger partial charge in [0.05, 0.1) is 0 Å². The fourth-order valence-electron chi connectivity index (χ4n) is 1.93. The van der Waals surface area contributed by atoms with Crippen LogP contribution < -0.4 is 5.73 Å². The molecule has 1 aliphatic rings. The van der Waals surface area contributed by atoms with E-state index in [1.54, 1.807) is 0 Å². The predicted molar refractivity (Wildman–Crippen MR) is 56.0 cm³/mol. The number of nitrogens with two attached hydrogens (primary N) is 1. The van der Waals surface area contributed by atoms with E-state index < -0.39 is 0 Å². The molecule has 1 aliphatic carbocycles. The zero-order valence-corrected chi connectivity index (χ0v) is 8.78. The molecule has 0 atom stereocenters. The van der Waals surface area contributed by atoms with Gasteiger partial charge in [0.1, 0.15) is 0 Å². The lowest BCUT2D eigenvalue weighted by Gasteiger charge is -2.15. The molecule has 1 saturated carbocycles. The van der Waals surface area contributed by atoms with Crippen LogP contribution in [0.2, 0.25) is 5.02 Å². The van der Waals surface area contributed by atoms with Crippen LogP contribution in [0.5, 0.6) is 0 Å². The van der Waals surface area contributed by atoms with Gasteiger partial charge in [0.2, 0.25) is 0 Å². The molecular weight excluding hydrogens is 182 g/mol. The Hall–Kier alpha value is -0.530. The summed E-state index contributed by atoms with van der Waals surface area (Å²) in [5, 5.41) is 0.831. The van der Waals surface area contributed by atoms with E-state index in [9.17, 15) is 0 Å². The van der Waals surface area contributed by atoms with Crippen LogP contribution >= 0.6 is 11.6 Å². The average Bonchev–Trinajstić information content (AvgIpc) is 2.65. The van der Waals surface area contributed by atoms with Crippen molar-refractivity contribution in [3.63, 3.8) is 0 Å². The summed E-state index contributed by atoms with van der Waals surface area (Å²) in [7, 11) is 0. The molecule has 2 rings (SSSR count). The molecule has 0 amide bonds. The average molecular weight is 196 g/mol. The Morgan fingerprint density at radius 3 is 2.38 bits per heavy atom. The van der Waals surface area contributed by atoms with Gasteiger partial charge in [-0.2, -0.15) is 0 Å². The largest absolute Gasteiger partial charge is 0.321 e. The fourth-order valence-corrected chi connectivity index (χ4v) is 2.44. The van der Waals surface area contributed by atoms with E-state index in [1.165, 1.54) is 11.1 Å². The molecule has 2 N–H and O–H groups in total. The Labute approximate surface area is 83.9 Å². The summed E-state index contributed by atoms with van der Waals surface area (Å²) < 4.78 is 0. The molecule has 0 bridgehead atoms. The summed E-state index contributed by atoms with van der Waals surface area (Å²) in [6, 6.07) is 4.14. The minimum atomic E-state index is -0.116. The molecule has 2 heteroatoms. The van der Waals surface area contributed by atoms with E-state index in [4.69, 9.17) is 17.3 Å². The third-order valence-corrected chi connectivity index (χ3v) is 3.02. The van der Waals surface area contributed by atoms with Crippen LogP contribution in [0, 0.1) is 13.8 Å². The highest BCUT2D eigenvalue weighted by Crippen LogP contribution is 2.47. The Bertz CT molecular complexity index is 330. The van der Waals surface area contributed by atoms with Gasteiger partial charge in [-0.1, -0.05) is 17.7 Å². The zero-order valence-electron chi connectivity index (χ0n) is 8.02.